The van der Waals surface area contributed by atoms with Crippen LogP contribution in [0.3, 0.4) is 0 Å². The van der Waals surface area contributed by atoms with Gasteiger partial charge in [-0.3, -0.25) is 0 Å². The van der Waals surface area contributed by atoms with Gasteiger partial charge in [-0.05, 0) is 0 Å². The normalized spacial score (nSPS) is 12.7. The molecule has 2 heterocycles. The van der Waals surface area contributed by atoms with Crippen molar-refractivity contribution in [3.05, 3.63) is 84.9 Å². The van der Waals surface area contributed by atoms with Gasteiger partial charge in [0.15, 0.2) is 0 Å². The molecule has 4 heteroatoms. The van der Waals surface area contributed by atoms with Crippen LogP contribution in [0.25, 0.3) is 32.9 Å². The third-order valence-corrected chi connectivity index (χ3v) is 7.22. The van der Waals surface area contributed by atoms with Crippen LogP contribution in [0.15, 0.2) is 89.3 Å². The summed E-state index contributed by atoms with van der Waals surface area (Å²) in [5, 5.41) is 3.58. The van der Waals surface area contributed by atoms with Gasteiger partial charge >= 0.3 is 174 Å². The molecule has 0 N–H and O–H groups in total. The summed E-state index contributed by atoms with van der Waals surface area (Å²) in [6, 6.07) is 29.4. The molecule has 140 valence electrons. The summed E-state index contributed by atoms with van der Waals surface area (Å²) >= 11 is 0.0487. The van der Waals surface area contributed by atoms with Crippen molar-refractivity contribution in [3.8, 4) is 22.6 Å². The quantitative estimate of drug-likeness (QED) is 0.381. The van der Waals surface area contributed by atoms with E-state index in [9.17, 15) is 0 Å². The number of benzene rings is 4. The summed E-state index contributed by atoms with van der Waals surface area (Å²) in [7, 11) is 0. The number of ether oxygens (including phenoxy) is 2. The van der Waals surface area contributed by atoms with E-state index in [-0.39, 0.29) is 21.7 Å². The molecule has 3 nitrogen and oxygen atoms in total. The molecular formula is C25H16O3Se. The molecule has 0 atom stereocenters. The van der Waals surface area contributed by atoms with E-state index in [0.717, 1.165) is 38.3 Å². The van der Waals surface area contributed by atoms with Crippen LogP contribution >= 0.6 is 0 Å². The van der Waals surface area contributed by atoms with Crippen LogP contribution in [-0.2, 0) is 0 Å². The van der Waals surface area contributed by atoms with Crippen molar-refractivity contribution in [2.24, 2.45) is 0 Å². The van der Waals surface area contributed by atoms with Crippen LogP contribution in [0, 0.1) is 0 Å². The molecule has 4 aromatic carbocycles. The molecule has 6 rings (SSSR count). The molecule has 0 saturated heterocycles. The van der Waals surface area contributed by atoms with Gasteiger partial charge in [-0.2, -0.15) is 0 Å². The molecule has 0 spiro atoms. The summed E-state index contributed by atoms with van der Waals surface area (Å²) in [5.74, 6) is 1.58. The van der Waals surface area contributed by atoms with Crippen molar-refractivity contribution in [3.63, 3.8) is 0 Å². The van der Waals surface area contributed by atoms with Gasteiger partial charge in [-0.15, -0.1) is 0 Å². The Kier molecular flexibility index (Phi) is 3.86. The Morgan fingerprint density at radius 2 is 1.55 bits per heavy atom. The van der Waals surface area contributed by atoms with Gasteiger partial charge in [-0.25, -0.2) is 0 Å². The second-order valence-electron chi connectivity index (χ2n) is 6.91. The number of hydrogen-bond donors (Lipinski definition) is 0. The molecule has 0 aliphatic carbocycles. The van der Waals surface area contributed by atoms with Crippen molar-refractivity contribution >= 4 is 45.8 Å². The van der Waals surface area contributed by atoms with E-state index in [1.165, 1.54) is 15.2 Å². The third kappa shape index (κ3) is 2.80. The fraction of sp³-hybridized carbons (Fsp3) is 0.0400. The van der Waals surface area contributed by atoms with Gasteiger partial charge in [0, 0.05) is 0 Å². The number of hydrogen-bond acceptors (Lipinski definition) is 3. The van der Waals surface area contributed by atoms with Crippen molar-refractivity contribution < 1.29 is 13.9 Å². The van der Waals surface area contributed by atoms with Crippen molar-refractivity contribution in [1.82, 2.24) is 0 Å². The first-order chi connectivity index (χ1) is 14.4. The van der Waals surface area contributed by atoms with Gasteiger partial charge in [0.1, 0.15) is 0 Å². The Morgan fingerprint density at radius 1 is 0.724 bits per heavy atom. The third-order valence-electron chi connectivity index (χ3n) is 5.16. The van der Waals surface area contributed by atoms with Crippen LogP contribution in [0.1, 0.15) is 0 Å². The standard InChI is InChI=1S/C25H16O3Se/c1-2-7-18(8-3-1)29-25-23(17-11-12-20-22(14-17)27-15-26-20)24-19-9-5-4-6-16(19)10-13-21(24)28-25/h1-14H,15H2. The SMILES string of the molecule is c1ccc([Se]c2oc3ccc4ccccc4c3c2-c2ccc3c(c2)OCO3)cc1. The van der Waals surface area contributed by atoms with E-state index in [0.29, 0.717) is 0 Å². The predicted molar refractivity (Wildman–Crippen MR) is 117 cm³/mol. The zero-order valence-corrected chi connectivity index (χ0v) is 17.1. The minimum absolute atomic E-state index is 0.0487. The second-order valence-corrected chi connectivity index (χ2v) is 9.10. The Labute approximate surface area is 174 Å². The second kappa shape index (κ2) is 6.70. The maximum atomic E-state index is 6.44. The maximum absolute atomic E-state index is 6.44. The first-order valence-electron chi connectivity index (χ1n) is 9.44. The Bertz CT molecular complexity index is 1360. The molecule has 5 aromatic rings. The number of rotatable bonds is 3. The number of furan rings is 1. The Hall–Kier alpha value is -3.20. The van der Waals surface area contributed by atoms with Crippen molar-refractivity contribution in [2.75, 3.05) is 6.79 Å². The molecule has 0 amide bonds. The average Bonchev–Trinajstić information content (AvgIpc) is 3.38. The predicted octanol–water partition coefficient (Wildman–Crippen LogP) is 4.64. The van der Waals surface area contributed by atoms with Gasteiger partial charge in [0.2, 0.25) is 0 Å². The van der Waals surface area contributed by atoms with E-state index in [1.54, 1.807) is 0 Å². The topological polar surface area (TPSA) is 31.6 Å². The summed E-state index contributed by atoms with van der Waals surface area (Å²) in [6.07, 6.45) is 0. The molecule has 1 aliphatic rings. The Morgan fingerprint density at radius 3 is 2.48 bits per heavy atom. The monoisotopic (exact) mass is 444 g/mol. The summed E-state index contributed by atoms with van der Waals surface area (Å²) in [5.41, 5.74) is 3.17. The molecule has 0 radical (unpaired) electrons. The van der Waals surface area contributed by atoms with E-state index in [4.69, 9.17) is 13.9 Å². The van der Waals surface area contributed by atoms with E-state index < -0.39 is 0 Å². The first-order valence-corrected chi connectivity index (χ1v) is 11.2. The first kappa shape index (κ1) is 16.7. The van der Waals surface area contributed by atoms with E-state index >= 15 is 0 Å². The molecular weight excluding hydrogens is 427 g/mol. The van der Waals surface area contributed by atoms with Crippen LogP contribution in [0.4, 0.5) is 0 Å². The van der Waals surface area contributed by atoms with Crippen LogP contribution in [-0.4, -0.2) is 21.7 Å². The van der Waals surface area contributed by atoms with Crippen LogP contribution in [0.2, 0.25) is 0 Å². The average molecular weight is 443 g/mol. The van der Waals surface area contributed by atoms with Gasteiger partial charge in [0.05, 0.1) is 0 Å². The summed E-state index contributed by atoms with van der Waals surface area (Å²) < 4.78 is 19.9. The van der Waals surface area contributed by atoms with E-state index in [1.807, 2.05) is 12.1 Å². The van der Waals surface area contributed by atoms with Crippen molar-refractivity contribution in [2.45, 2.75) is 0 Å². The zero-order chi connectivity index (χ0) is 19.2. The fourth-order valence-corrected chi connectivity index (χ4v) is 5.84. The molecule has 0 saturated carbocycles. The minimum atomic E-state index is 0.0487. The molecule has 0 fully saturated rings. The molecule has 1 aromatic heterocycles. The van der Waals surface area contributed by atoms with Crippen LogP contribution in [0.5, 0.6) is 11.5 Å². The van der Waals surface area contributed by atoms with Crippen molar-refractivity contribution in [1.29, 1.82) is 0 Å². The fourth-order valence-electron chi connectivity index (χ4n) is 3.83. The van der Waals surface area contributed by atoms with Gasteiger partial charge in [0.25, 0.3) is 0 Å². The Balaban J connectivity index is 1.64. The zero-order valence-electron chi connectivity index (χ0n) is 15.4. The summed E-state index contributed by atoms with van der Waals surface area (Å²) in [6.45, 7) is 0.272. The molecule has 29 heavy (non-hydrogen) atoms. The van der Waals surface area contributed by atoms with Gasteiger partial charge in [-0.1, -0.05) is 0 Å². The van der Waals surface area contributed by atoms with Crippen LogP contribution < -0.4 is 18.6 Å². The van der Waals surface area contributed by atoms with Gasteiger partial charge < -0.3 is 0 Å². The molecule has 0 unspecified atom stereocenters. The molecule has 0 bridgehead atoms. The van der Waals surface area contributed by atoms with E-state index in [2.05, 4.69) is 72.8 Å². The molecule has 1 aliphatic heterocycles. The number of fused-ring (bicyclic) bond motifs is 4. The summed E-state index contributed by atoms with van der Waals surface area (Å²) in [4.78, 5) is 0.